The summed E-state index contributed by atoms with van der Waals surface area (Å²) in [7, 11) is 0. The Morgan fingerprint density at radius 1 is 1.06 bits per heavy atom. The molecule has 0 aliphatic carbocycles. The first-order valence-electron chi connectivity index (χ1n) is 10.8. The van der Waals surface area contributed by atoms with Crippen LogP contribution in [0.5, 0.6) is 11.5 Å². The molecule has 180 valence electrons. The number of hydrogen-bond acceptors (Lipinski definition) is 7. The largest absolute Gasteiger partial charge is 0.483 e. The third-order valence-electron chi connectivity index (χ3n) is 4.96. The van der Waals surface area contributed by atoms with Crippen molar-refractivity contribution in [1.82, 2.24) is 5.43 Å². The van der Waals surface area contributed by atoms with E-state index in [2.05, 4.69) is 24.4 Å². The van der Waals surface area contributed by atoms with E-state index >= 15 is 0 Å². The maximum absolute atomic E-state index is 12.2. The quantitative estimate of drug-likeness (QED) is 0.156. The number of nitro benzene ring substituents is 1. The highest BCUT2D eigenvalue weighted by Gasteiger charge is 2.12. The van der Waals surface area contributed by atoms with Crippen LogP contribution in [-0.2, 0) is 4.79 Å². The van der Waals surface area contributed by atoms with Crippen molar-refractivity contribution in [2.75, 3.05) is 6.61 Å². The van der Waals surface area contributed by atoms with Crippen molar-refractivity contribution in [2.45, 2.75) is 26.7 Å². The number of carbonyl (C=O) groups excluding carboxylic acids is 2. The number of hydrogen-bond donors (Lipinski definition) is 1. The van der Waals surface area contributed by atoms with Gasteiger partial charge in [-0.1, -0.05) is 26.0 Å². The second kappa shape index (κ2) is 11.6. The Labute approximate surface area is 202 Å². The minimum absolute atomic E-state index is 0.112. The van der Waals surface area contributed by atoms with Crippen LogP contribution in [0.3, 0.4) is 0 Å². The highest BCUT2D eigenvalue weighted by atomic mass is 16.6. The van der Waals surface area contributed by atoms with Crippen LogP contribution in [0.1, 0.15) is 46.8 Å². The normalized spacial score (nSPS) is 10.9. The van der Waals surface area contributed by atoms with Crippen LogP contribution in [0.4, 0.5) is 5.69 Å². The fourth-order valence-corrected chi connectivity index (χ4v) is 3.11. The third kappa shape index (κ3) is 7.23. The molecule has 3 aromatic rings. The molecule has 0 saturated heterocycles. The van der Waals surface area contributed by atoms with Crippen molar-refractivity contribution in [3.63, 3.8) is 0 Å². The van der Waals surface area contributed by atoms with Crippen molar-refractivity contribution in [1.29, 1.82) is 0 Å². The number of ether oxygens (including phenoxy) is 2. The predicted octanol–water partition coefficient (Wildman–Crippen LogP) is 4.77. The number of benzene rings is 3. The van der Waals surface area contributed by atoms with Gasteiger partial charge in [0.25, 0.3) is 11.6 Å². The van der Waals surface area contributed by atoms with Gasteiger partial charge in [-0.15, -0.1) is 0 Å². The Kier molecular flexibility index (Phi) is 8.29. The first kappa shape index (κ1) is 25.1. The van der Waals surface area contributed by atoms with Crippen molar-refractivity contribution in [3.8, 4) is 11.5 Å². The molecule has 0 aromatic heterocycles. The van der Waals surface area contributed by atoms with Crippen molar-refractivity contribution < 1.29 is 24.0 Å². The lowest BCUT2D eigenvalue weighted by molar-refractivity contribution is -0.384. The highest BCUT2D eigenvalue weighted by molar-refractivity contribution is 5.91. The standard InChI is InChI=1S/C26H25N3O6/c1-17(2)23-13-4-18(3)14-24(23)34-16-25(30)28-27-15-19-5-11-22(12-6-19)35-26(31)20-7-9-21(10-8-20)29(32)33/h4-15,17H,16H2,1-3H3,(H,28,30)/b27-15-. The molecule has 3 aromatic carbocycles. The first-order valence-corrected chi connectivity index (χ1v) is 10.8. The first-order chi connectivity index (χ1) is 16.7. The number of esters is 1. The number of aryl methyl sites for hydroxylation is 1. The van der Waals surface area contributed by atoms with E-state index in [9.17, 15) is 19.7 Å². The summed E-state index contributed by atoms with van der Waals surface area (Å²) in [5.41, 5.74) is 5.24. The smallest absolute Gasteiger partial charge is 0.343 e. The molecule has 0 spiro atoms. The van der Waals surface area contributed by atoms with Gasteiger partial charge in [0, 0.05) is 12.1 Å². The topological polar surface area (TPSA) is 120 Å². The zero-order valence-corrected chi connectivity index (χ0v) is 19.6. The summed E-state index contributed by atoms with van der Waals surface area (Å²) in [5.74, 6) is 0.206. The number of carbonyl (C=O) groups is 2. The zero-order chi connectivity index (χ0) is 25.4. The van der Waals surface area contributed by atoms with E-state index < -0.39 is 16.8 Å². The molecular formula is C26H25N3O6. The van der Waals surface area contributed by atoms with Crippen LogP contribution in [0, 0.1) is 17.0 Å². The number of hydrazone groups is 1. The predicted molar refractivity (Wildman–Crippen MR) is 131 cm³/mol. The van der Waals surface area contributed by atoms with Crippen LogP contribution < -0.4 is 14.9 Å². The van der Waals surface area contributed by atoms with Crippen LogP contribution >= 0.6 is 0 Å². The van der Waals surface area contributed by atoms with E-state index in [1.807, 2.05) is 25.1 Å². The lowest BCUT2D eigenvalue weighted by Crippen LogP contribution is -2.25. The molecule has 1 amide bonds. The Morgan fingerprint density at radius 2 is 1.74 bits per heavy atom. The fourth-order valence-electron chi connectivity index (χ4n) is 3.11. The summed E-state index contributed by atoms with van der Waals surface area (Å²) < 4.78 is 11.0. The Morgan fingerprint density at radius 3 is 2.37 bits per heavy atom. The SMILES string of the molecule is Cc1ccc(C(C)C)c(OCC(=O)N/N=C\c2ccc(OC(=O)c3ccc([N+](=O)[O-])cc3)cc2)c1. The molecule has 0 radical (unpaired) electrons. The second-order valence-corrected chi connectivity index (χ2v) is 8.04. The maximum Gasteiger partial charge on any atom is 0.343 e. The van der Waals surface area contributed by atoms with Gasteiger partial charge in [0.05, 0.1) is 16.7 Å². The number of non-ortho nitro benzene ring substituents is 1. The van der Waals surface area contributed by atoms with Gasteiger partial charge in [-0.05, 0) is 72.0 Å². The monoisotopic (exact) mass is 475 g/mol. The van der Waals surface area contributed by atoms with Crippen LogP contribution in [0.2, 0.25) is 0 Å². The summed E-state index contributed by atoms with van der Waals surface area (Å²) in [6.07, 6.45) is 1.45. The molecule has 9 nitrogen and oxygen atoms in total. The van der Waals surface area contributed by atoms with Gasteiger partial charge in [0.15, 0.2) is 6.61 Å². The molecule has 0 unspecified atom stereocenters. The van der Waals surface area contributed by atoms with E-state index in [1.54, 1.807) is 24.3 Å². The number of nitro groups is 1. The van der Waals surface area contributed by atoms with Gasteiger partial charge in [0.2, 0.25) is 0 Å². The van der Waals surface area contributed by atoms with Gasteiger partial charge < -0.3 is 9.47 Å². The summed E-state index contributed by atoms with van der Waals surface area (Å²) >= 11 is 0. The van der Waals surface area contributed by atoms with Gasteiger partial charge in [-0.3, -0.25) is 14.9 Å². The minimum atomic E-state index is -0.636. The van der Waals surface area contributed by atoms with Gasteiger partial charge >= 0.3 is 5.97 Å². The molecule has 0 aliphatic rings. The van der Waals surface area contributed by atoms with E-state index in [4.69, 9.17) is 9.47 Å². The molecule has 0 fully saturated rings. The minimum Gasteiger partial charge on any atom is -0.483 e. The molecular weight excluding hydrogens is 450 g/mol. The van der Waals surface area contributed by atoms with Gasteiger partial charge in [-0.25, -0.2) is 10.2 Å². The summed E-state index contributed by atoms with van der Waals surface area (Å²) in [4.78, 5) is 34.4. The number of nitrogens with one attached hydrogen (secondary N) is 1. The molecule has 3 rings (SSSR count). The molecule has 0 atom stereocenters. The Balaban J connectivity index is 1.49. The van der Waals surface area contributed by atoms with Crippen LogP contribution in [0.15, 0.2) is 71.8 Å². The summed E-state index contributed by atoms with van der Waals surface area (Å²) in [5, 5.41) is 14.6. The molecule has 0 aliphatic heterocycles. The van der Waals surface area contributed by atoms with E-state index in [0.717, 1.165) is 11.1 Å². The lowest BCUT2D eigenvalue weighted by Gasteiger charge is -2.14. The van der Waals surface area contributed by atoms with E-state index in [0.29, 0.717) is 17.1 Å². The van der Waals surface area contributed by atoms with Crippen LogP contribution in [0.25, 0.3) is 0 Å². The number of rotatable bonds is 9. The highest BCUT2D eigenvalue weighted by Crippen LogP contribution is 2.27. The van der Waals surface area contributed by atoms with Gasteiger partial charge in [-0.2, -0.15) is 5.10 Å². The maximum atomic E-state index is 12.2. The van der Waals surface area contributed by atoms with E-state index in [-0.39, 0.29) is 23.8 Å². The molecule has 0 bridgehead atoms. The number of nitrogens with zero attached hydrogens (tertiary/aromatic N) is 2. The molecule has 0 saturated carbocycles. The van der Waals surface area contributed by atoms with Crippen molar-refractivity contribution in [3.05, 3.63) is 99.1 Å². The molecule has 1 N–H and O–H groups in total. The molecule has 0 heterocycles. The lowest BCUT2D eigenvalue weighted by atomic mass is 10.0. The van der Waals surface area contributed by atoms with Crippen molar-refractivity contribution >= 4 is 23.8 Å². The third-order valence-corrected chi connectivity index (χ3v) is 4.96. The second-order valence-electron chi connectivity index (χ2n) is 8.04. The summed E-state index contributed by atoms with van der Waals surface area (Å²) in [6, 6.07) is 17.5. The molecule has 9 heteroatoms. The van der Waals surface area contributed by atoms with Gasteiger partial charge in [0.1, 0.15) is 11.5 Å². The average molecular weight is 476 g/mol. The average Bonchev–Trinajstić information content (AvgIpc) is 2.83. The Hall–Kier alpha value is -4.53. The van der Waals surface area contributed by atoms with Crippen LogP contribution in [-0.4, -0.2) is 29.6 Å². The molecule has 35 heavy (non-hydrogen) atoms. The Bertz CT molecular complexity index is 1230. The fraction of sp³-hybridized carbons (Fsp3) is 0.192. The number of amides is 1. The van der Waals surface area contributed by atoms with E-state index in [1.165, 1.54) is 30.5 Å². The van der Waals surface area contributed by atoms with Crippen molar-refractivity contribution in [2.24, 2.45) is 5.10 Å². The zero-order valence-electron chi connectivity index (χ0n) is 19.6. The summed E-state index contributed by atoms with van der Waals surface area (Å²) in [6.45, 7) is 5.91.